The molecule has 1 aliphatic heterocycles. The van der Waals surface area contributed by atoms with Crippen LogP contribution in [-0.4, -0.2) is 57.7 Å². The highest BCUT2D eigenvalue weighted by molar-refractivity contribution is 5.94. The number of nitrogens with zero attached hydrogens (tertiary/aromatic N) is 5. The maximum atomic E-state index is 12.9. The summed E-state index contributed by atoms with van der Waals surface area (Å²) >= 11 is 0. The Morgan fingerprint density at radius 2 is 2.18 bits per heavy atom. The number of aryl methyl sites for hydroxylation is 1. The molecule has 0 N–H and O–H groups in total. The smallest absolute Gasteiger partial charge is 0.255 e. The third kappa shape index (κ3) is 4.90. The zero-order chi connectivity index (χ0) is 19.9. The van der Waals surface area contributed by atoms with Gasteiger partial charge in [-0.25, -0.2) is 9.97 Å². The molecule has 1 unspecified atom stereocenters. The molecule has 0 aromatic carbocycles. The number of hydrogen-bond acceptors (Lipinski definition) is 5. The number of carbonyl (C=O) groups is 1. The number of amides is 1. The lowest BCUT2D eigenvalue weighted by Gasteiger charge is -2.33. The Morgan fingerprint density at radius 3 is 2.82 bits per heavy atom. The van der Waals surface area contributed by atoms with Crippen molar-refractivity contribution in [1.82, 2.24) is 19.4 Å². The summed E-state index contributed by atoms with van der Waals surface area (Å²) in [6, 6.07) is 3.83. The standard InChI is InChI=1S/C21H31N5O2/c1-4-13-28-18-7-6-11-26(15-18)19-9-8-17(14-23-19)21(27)25(5-2)16-20-22-10-12-24(20)3/h8-10,12,14,18H,4-7,11,13,15-16H2,1-3H3. The Hall–Kier alpha value is -2.41. The topological polar surface area (TPSA) is 63.5 Å². The molecule has 0 spiro atoms. The van der Waals surface area contributed by atoms with Gasteiger partial charge in [0.2, 0.25) is 0 Å². The summed E-state index contributed by atoms with van der Waals surface area (Å²) in [6.07, 6.45) is 8.84. The summed E-state index contributed by atoms with van der Waals surface area (Å²) in [7, 11) is 1.94. The second-order valence-electron chi connectivity index (χ2n) is 7.26. The number of aromatic nitrogens is 3. The molecule has 3 rings (SSSR count). The lowest BCUT2D eigenvalue weighted by atomic mass is 10.1. The number of rotatable bonds is 8. The van der Waals surface area contributed by atoms with Gasteiger partial charge in [-0.2, -0.15) is 0 Å². The van der Waals surface area contributed by atoms with Gasteiger partial charge in [0, 0.05) is 51.9 Å². The van der Waals surface area contributed by atoms with Crippen molar-refractivity contribution in [1.29, 1.82) is 0 Å². The van der Waals surface area contributed by atoms with E-state index in [1.165, 1.54) is 0 Å². The molecular weight excluding hydrogens is 354 g/mol. The van der Waals surface area contributed by atoms with Gasteiger partial charge in [-0.15, -0.1) is 0 Å². The number of piperidine rings is 1. The first-order valence-electron chi connectivity index (χ1n) is 10.2. The zero-order valence-corrected chi connectivity index (χ0v) is 17.2. The predicted octanol–water partition coefficient (Wildman–Crippen LogP) is 2.87. The molecule has 152 valence electrons. The normalized spacial score (nSPS) is 17.0. The zero-order valence-electron chi connectivity index (χ0n) is 17.2. The van der Waals surface area contributed by atoms with E-state index in [1.807, 2.05) is 36.9 Å². The van der Waals surface area contributed by atoms with E-state index in [2.05, 4.69) is 21.8 Å². The fourth-order valence-corrected chi connectivity index (χ4v) is 3.50. The maximum Gasteiger partial charge on any atom is 0.255 e. The Kier molecular flexibility index (Phi) is 7.03. The van der Waals surface area contributed by atoms with Gasteiger partial charge in [0.15, 0.2) is 0 Å². The van der Waals surface area contributed by atoms with Crippen LogP contribution in [0.5, 0.6) is 0 Å². The van der Waals surface area contributed by atoms with Gasteiger partial charge < -0.3 is 19.1 Å². The summed E-state index contributed by atoms with van der Waals surface area (Å²) < 4.78 is 7.85. The molecule has 0 radical (unpaired) electrons. The van der Waals surface area contributed by atoms with E-state index in [9.17, 15) is 4.79 Å². The fraction of sp³-hybridized carbons (Fsp3) is 0.571. The number of anilines is 1. The first kappa shape index (κ1) is 20.3. The van der Waals surface area contributed by atoms with Crippen LogP contribution in [0.3, 0.4) is 0 Å². The fourth-order valence-electron chi connectivity index (χ4n) is 3.50. The van der Waals surface area contributed by atoms with Crippen molar-refractivity contribution in [2.45, 2.75) is 45.8 Å². The largest absolute Gasteiger partial charge is 0.376 e. The molecule has 3 heterocycles. The summed E-state index contributed by atoms with van der Waals surface area (Å²) in [4.78, 5) is 25.8. The predicted molar refractivity (Wildman–Crippen MR) is 109 cm³/mol. The van der Waals surface area contributed by atoms with Crippen LogP contribution in [-0.2, 0) is 18.3 Å². The second kappa shape index (κ2) is 9.68. The third-order valence-electron chi connectivity index (χ3n) is 5.18. The van der Waals surface area contributed by atoms with Gasteiger partial charge in [0.05, 0.1) is 18.2 Å². The first-order valence-corrected chi connectivity index (χ1v) is 10.2. The van der Waals surface area contributed by atoms with E-state index in [4.69, 9.17) is 4.74 Å². The molecule has 2 aromatic heterocycles. The van der Waals surface area contributed by atoms with Crippen molar-refractivity contribution in [3.8, 4) is 0 Å². The van der Waals surface area contributed by atoms with Crippen LogP contribution in [0.2, 0.25) is 0 Å². The van der Waals surface area contributed by atoms with Gasteiger partial charge in [0.25, 0.3) is 5.91 Å². The van der Waals surface area contributed by atoms with E-state index >= 15 is 0 Å². The highest BCUT2D eigenvalue weighted by atomic mass is 16.5. The molecule has 7 heteroatoms. The van der Waals surface area contributed by atoms with E-state index in [0.717, 1.165) is 50.6 Å². The van der Waals surface area contributed by atoms with E-state index in [1.54, 1.807) is 17.3 Å². The molecule has 2 aromatic rings. The molecular formula is C21H31N5O2. The molecule has 0 bridgehead atoms. The molecule has 0 aliphatic carbocycles. The van der Waals surface area contributed by atoms with Gasteiger partial charge in [0.1, 0.15) is 11.6 Å². The van der Waals surface area contributed by atoms with Crippen molar-refractivity contribution in [3.05, 3.63) is 42.1 Å². The maximum absolute atomic E-state index is 12.9. The number of imidazole rings is 1. The van der Waals surface area contributed by atoms with Crippen molar-refractivity contribution >= 4 is 11.7 Å². The van der Waals surface area contributed by atoms with E-state index < -0.39 is 0 Å². The molecule has 28 heavy (non-hydrogen) atoms. The number of carbonyl (C=O) groups excluding carboxylic acids is 1. The summed E-state index contributed by atoms with van der Waals surface area (Å²) in [5.41, 5.74) is 0.607. The van der Waals surface area contributed by atoms with E-state index in [0.29, 0.717) is 18.7 Å². The average Bonchev–Trinajstić information content (AvgIpc) is 3.14. The second-order valence-corrected chi connectivity index (χ2v) is 7.26. The lowest BCUT2D eigenvalue weighted by molar-refractivity contribution is 0.0439. The first-order chi connectivity index (χ1) is 13.6. The Balaban J connectivity index is 1.64. The number of ether oxygens (including phenoxy) is 1. The van der Waals surface area contributed by atoms with Gasteiger partial charge >= 0.3 is 0 Å². The van der Waals surface area contributed by atoms with Gasteiger partial charge in [-0.3, -0.25) is 4.79 Å². The van der Waals surface area contributed by atoms with Gasteiger partial charge in [-0.05, 0) is 38.3 Å². The molecule has 1 atom stereocenters. The van der Waals surface area contributed by atoms with Crippen LogP contribution < -0.4 is 4.90 Å². The Morgan fingerprint density at radius 1 is 1.32 bits per heavy atom. The monoisotopic (exact) mass is 385 g/mol. The Labute approximate surface area is 167 Å². The quantitative estimate of drug-likeness (QED) is 0.699. The third-order valence-corrected chi connectivity index (χ3v) is 5.18. The van der Waals surface area contributed by atoms with Crippen molar-refractivity contribution in [2.24, 2.45) is 7.05 Å². The van der Waals surface area contributed by atoms with Crippen LogP contribution >= 0.6 is 0 Å². The molecule has 1 fully saturated rings. The molecule has 0 saturated carbocycles. The molecule has 7 nitrogen and oxygen atoms in total. The van der Waals surface area contributed by atoms with Crippen LogP contribution in [0, 0.1) is 0 Å². The van der Waals surface area contributed by atoms with Crippen molar-refractivity contribution in [2.75, 3.05) is 31.1 Å². The average molecular weight is 386 g/mol. The summed E-state index contributed by atoms with van der Waals surface area (Å²) in [5, 5.41) is 0. The highest BCUT2D eigenvalue weighted by Gasteiger charge is 2.22. The minimum absolute atomic E-state index is 0.0210. The molecule has 1 aliphatic rings. The lowest BCUT2D eigenvalue weighted by Crippen LogP contribution is -2.40. The SMILES string of the molecule is CCCOC1CCCN(c2ccc(C(=O)N(CC)Cc3nccn3C)cn2)C1. The Bertz CT molecular complexity index is 758. The van der Waals surface area contributed by atoms with Crippen molar-refractivity contribution < 1.29 is 9.53 Å². The minimum atomic E-state index is -0.0210. The molecule has 1 amide bonds. The highest BCUT2D eigenvalue weighted by Crippen LogP contribution is 2.20. The van der Waals surface area contributed by atoms with Crippen molar-refractivity contribution in [3.63, 3.8) is 0 Å². The van der Waals surface area contributed by atoms with Gasteiger partial charge in [-0.1, -0.05) is 6.92 Å². The molecule has 1 saturated heterocycles. The number of hydrogen-bond donors (Lipinski definition) is 0. The summed E-state index contributed by atoms with van der Waals surface area (Å²) in [5.74, 6) is 1.76. The van der Waals surface area contributed by atoms with Crippen LogP contribution in [0.15, 0.2) is 30.7 Å². The number of pyridine rings is 1. The minimum Gasteiger partial charge on any atom is -0.376 e. The van der Waals surface area contributed by atoms with Crippen LogP contribution in [0.4, 0.5) is 5.82 Å². The van der Waals surface area contributed by atoms with Crippen LogP contribution in [0.1, 0.15) is 49.3 Å². The summed E-state index contributed by atoms with van der Waals surface area (Å²) in [6.45, 7) is 7.87. The van der Waals surface area contributed by atoms with Crippen LogP contribution in [0.25, 0.3) is 0 Å². The van der Waals surface area contributed by atoms with E-state index in [-0.39, 0.29) is 12.0 Å².